The van der Waals surface area contributed by atoms with E-state index in [0.29, 0.717) is 19.0 Å². The van der Waals surface area contributed by atoms with Crippen molar-refractivity contribution in [1.29, 1.82) is 0 Å². The Morgan fingerprint density at radius 3 is 2.84 bits per heavy atom. The van der Waals surface area contributed by atoms with Gasteiger partial charge in [-0.3, -0.25) is 14.8 Å². The first-order valence-electron chi connectivity index (χ1n) is 8.97. The molecule has 0 aliphatic heterocycles. The molecule has 0 bridgehead atoms. The van der Waals surface area contributed by atoms with Crippen molar-refractivity contribution in [2.75, 3.05) is 40.3 Å². The molecule has 140 valence electrons. The number of hydrogen-bond donors (Lipinski definition) is 1. The number of carbonyl (C=O) groups excluding carboxylic acids is 1. The summed E-state index contributed by atoms with van der Waals surface area (Å²) in [6, 6.07) is 4.22. The number of hydrogen-bond acceptors (Lipinski definition) is 5. The van der Waals surface area contributed by atoms with Gasteiger partial charge in [-0.05, 0) is 58.5 Å². The van der Waals surface area contributed by atoms with Gasteiger partial charge in [0.25, 0.3) is 0 Å². The number of aromatic nitrogens is 1. The van der Waals surface area contributed by atoms with Gasteiger partial charge in [-0.1, -0.05) is 0 Å². The standard InChI is InChI=1S/C19H32N4O2/c1-5-23(15-16(2)22(3)4)19(25)8-6-7-18-13-17(9-10-21-18)14-20-11-12-24/h9-10,13-14,16,24H,5-8,11-12,15H2,1-4H3. The van der Waals surface area contributed by atoms with E-state index in [1.54, 1.807) is 12.4 Å². The molecule has 0 radical (unpaired) electrons. The van der Waals surface area contributed by atoms with Gasteiger partial charge in [-0.25, -0.2) is 0 Å². The van der Waals surface area contributed by atoms with Gasteiger partial charge in [-0.15, -0.1) is 0 Å². The Morgan fingerprint density at radius 2 is 2.20 bits per heavy atom. The van der Waals surface area contributed by atoms with Crippen LogP contribution in [0.5, 0.6) is 0 Å². The lowest BCUT2D eigenvalue weighted by Crippen LogP contribution is -2.41. The van der Waals surface area contributed by atoms with E-state index in [9.17, 15) is 4.79 Å². The molecule has 1 atom stereocenters. The third-order valence-corrected chi connectivity index (χ3v) is 4.23. The van der Waals surface area contributed by atoms with Crippen LogP contribution in [0.4, 0.5) is 0 Å². The lowest BCUT2D eigenvalue weighted by Gasteiger charge is -2.28. The molecule has 0 fully saturated rings. The molecule has 1 rings (SSSR count). The van der Waals surface area contributed by atoms with Gasteiger partial charge < -0.3 is 14.9 Å². The van der Waals surface area contributed by atoms with Crippen LogP contribution in [0.3, 0.4) is 0 Å². The number of aryl methyl sites for hydroxylation is 1. The van der Waals surface area contributed by atoms with E-state index in [1.165, 1.54) is 0 Å². The van der Waals surface area contributed by atoms with Gasteiger partial charge >= 0.3 is 0 Å². The summed E-state index contributed by atoms with van der Waals surface area (Å²) in [5.74, 6) is 0.205. The largest absolute Gasteiger partial charge is 0.394 e. The first-order chi connectivity index (χ1) is 12.0. The molecule has 1 unspecified atom stereocenters. The minimum absolute atomic E-state index is 0.0525. The molecule has 1 aromatic heterocycles. The highest BCUT2D eigenvalue weighted by atomic mass is 16.3. The second-order valence-corrected chi connectivity index (χ2v) is 6.44. The summed E-state index contributed by atoms with van der Waals surface area (Å²) >= 11 is 0. The highest BCUT2D eigenvalue weighted by Gasteiger charge is 2.15. The van der Waals surface area contributed by atoms with E-state index in [0.717, 1.165) is 37.2 Å². The fourth-order valence-electron chi connectivity index (χ4n) is 2.41. The minimum atomic E-state index is 0.0525. The third-order valence-electron chi connectivity index (χ3n) is 4.23. The highest BCUT2D eigenvalue weighted by Crippen LogP contribution is 2.07. The van der Waals surface area contributed by atoms with E-state index in [1.807, 2.05) is 38.1 Å². The molecule has 1 heterocycles. The van der Waals surface area contributed by atoms with Crippen molar-refractivity contribution in [3.8, 4) is 0 Å². The number of aliphatic hydroxyl groups is 1. The molecule has 1 N–H and O–H groups in total. The lowest BCUT2D eigenvalue weighted by atomic mass is 10.1. The Morgan fingerprint density at radius 1 is 1.44 bits per heavy atom. The summed E-state index contributed by atoms with van der Waals surface area (Å²) in [7, 11) is 4.07. The maximum atomic E-state index is 12.4. The van der Waals surface area contributed by atoms with Crippen molar-refractivity contribution in [1.82, 2.24) is 14.8 Å². The molecular formula is C19H32N4O2. The molecule has 6 heteroatoms. The Labute approximate surface area is 151 Å². The Hall–Kier alpha value is -1.79. The summed E-state index contributed by atoms with van der Waals surface area (Å²) in [6.07, 6.45) is 5.60. The van der Waals surface area contributed by atoms with Crippen molar-refractivity contribution < 1.29 is 9.90 Å². The van der Waals surface area contributed by atoms with Gasteiger partial charge in [-0.2, -0.15) is 0 Å². The smallest absolute Gasteiger partial charge is 0.222 e. The monoisotopic (exact) mass is 348 g/mol. The SMILES string of the molecule is CCN(CC(C)N(C)C)C(=O)CCCc1cc(C=NCCO)ccn1. The van der Waals surface area contributed by atoms with Gasteiger partial charge in [0.05, 0.1) is 13.2 Å². The van der Waals surface area contributed by atoms with Crippen LogP contribution in [0.15, 0.2) is 23.3 Å². The van der Waals surface area contributed by atoms with Crippen LogP contribution < -0.4 is 0 Å². The summed E-state index contributed by atoms with van der Waals surface area (Å²) in [5, 5.41) is 8.75. The zero-order chi connectivity index (χ0) is 18.7. The van der Waals surface area contributed by atoms with Gasteiger partial charge in [0, 0.05) is 43.7 Å². The highest BCUT2D eigenvalue weighted by molar-refractivity contribution is 5.79. The van der Waals surface area contributed by atoms with Crippen LogP contribution in [0.25, 0.3) is 0 Å². The Bertz CT molecular complexity index is 546. The maximum Gasteiger partial charge on any atom is 0.222 e. The number of aliphatic hydroxyl groups excluding tert-OH is 1. The normalized spacial score (nSPS) is 12.7. The zero-order valence-electron chi connectivity index (χ0n) is 16.0. The molecule has 0 aliphatic rings. The van der Waals surface area contributed by atoms with E-state index in [4.69, 9.17) is 5.11 Å². The second kappa shape index (κ2) is 11.7. The predicted octanol–water partition coefficient (Wildman–Crippen LogP) is 1.61. The average molecular weight is 348 g/mol. The van der Waals surface area contributed by atoms with Crippen LogP contribution in [0.1, 0.15) is 37.9 Å². The van der Waals surface area contributed by atoms with Crippen LogP contribution in [-0.4, -0.2) is 78.4 Å². The Kier molecular flexibility index (Phi) is 9.96. The van der Waals surface area contributed by atoms with Crippen LogP contribution in [0.2, 0.25) is 0 Å². The fourth-order valence-corrected chi connectivity index (χ4v) is 2.41. The molecule has 0 aliphatic carbocycles. The number of nitrogens with zero attached hydrogens (tertiary/aromatic N) is 4. The molecule has 0 saturated carbocycles. The summed E-state index contributed by atoms with van der Waals surface area (Å²) in [6.45, 7) is 6.12. The van der Waals surface area contributed by atoms with E-state index in [-0.39, 0.29) is 12.5 Å². The molecule has 25 heavy (non-hydrogen) atoms. The number of carbonyl (C=O) groups is 1. The molecule has 0 spiro atoms. The van der Waals surface area contributed by atoms with Gasteiger partial charge in [0.15, 0.2) is 0 Å². The fraction of sp³-hybridized carbons (Fsp3) is 0.632. The van der Waals surface area contributed by atoms with E-state index in [2.05, 4.69) is 21.8 Å². The van der Waals surface area contributed by atoms with Crippen molar-refractivity contribution in [3.63, 3.8) is 0 Å². The average Bonchev–Trinajstić information content (AvgIpc) is 2.59. The summed E-state index contributed by atoms with van der Waals surface area (Å²) < 4.78 is 0. The van der Waals surface area contributed by atoms with Crippen molar-refractivity contribution in [2.45, 2.75) is 39.2 Å². The number of amides is 1. The van der Waals surface area contributed by atoms with Crippen LogP contribution in [-0.2, 0) is 11.2 Å². The zero-order valence-corrected chi connectivity index (χ0v) is 16.0. The number of aliphatic imine (C=N–C) groups is 1. The molecule has 0 aromatic carbocycles. The maximum absolute atomic E-state index is 12.4. The predicted molar refractivity (Wildman–Crippen MR) is 102 cm³/mol. The van der Waals surface area contributed by atoms with Crippen LogP contribution >= 0.6 is 0 Å². The first-order valence-corrected chi connectivity index (χ1v) is 8.97. The van der Waals surface area contributed by atoms with Gasteiger partial charge in [0.2, 0.25) is 5.91 Å². The summed E-state index contributed by atoms with van der Waals surface area (Å²) in [4.78, 5) is 24.9. The number of likely N-dealkylation sites (N-methyl/N-ethyl adjacent to an activating group) is 2. The van der Waals surface area contributed by atoms with Gasteiger partial charge in [0.1, 0.15) is 0 Å². The molecule has 1 aromatic rings. The summed E-state index contributed by atoms with van der Waals surface area (Å²) in [5.41, 5.74) is 1.94. The molecule has 6 nitrogen and oxygen atoms in total. The van der Waals surface area contributed by atoms with E-state index < -0.39 is 0 Å². The number of rotatable bonds is 11. The van der Waals surface area contributed by atoms with Crippen molar-refractivity contribution in [3.05, 3.63) is 29.6 Å². The molecular weight excluding hydrogens is 316 g/mol. The van der Waals surface area contributed by atoms with Crippen LogP contribution in [0, 0.1) is 0 Å². The molecule has 1 amide bonds. The van der Waals surface area contributed by atoms with Crippen molar-refractivity contribution in [2.24, 2.45) is 4.99 Å². The third kappa shape index (κ3) is 8.23. The minimum Gasteiger partial charge on any atom is -0.394 e. The number of pyridine rings is 1. The topological polar surface area (TPSA) is 69.0 Å². The quantitative estimate of drug-likeness (QED) is 0.617. The Balaban J connectivity index is 2.47. The second-order valence-electron chi connectivity index (χ2n) is 6.44. The van der Waals surface area contributed by atoms with E-state index >= 15 is 0 Å². The first kappa shape index (κ1) is 21.3. The lowest BCUT2D eigenvalue weighted by molar-refractivity contribution is -0.131. The molecule has 0 saturated heterocycles. The van der Waals surface area contributed by atoms with Crippen molar-refractivity contribution >= 4 is 12.1 Å².